The lowest BCUT2D eigenvalue weighted by Crippen LogP contribution is -1.97. The molecule has 0 atom stereocenters. The number of rotatable bonds is 3. The molecule has 26 heavy (non-hydrogen) atoms. The molecule has 0 fully saturated rings. The second kappa shape index (κ2) is 6.38. The van der Waals surface area contributed by atoms with E-state index in [2.05, 4.69) is 11.1 Å². The van der Waals surface area contributed by atoms with E-state index in [-0.39, 0.29) is 0 Å². The van der Waals surface area contributed by atoms with Gasteiger partial charge in [0.2, 0.25) is 0 Å². The van der Waals surface area contributed by atoms with E-state index in [1.165, 1.54) is 0 Å². The van der Waals surface area contributed by atoms with Gasteiger partial charge in [-0.3, -0.25) is 0 Å². The van der Waals surface area contributed by atoms with Crippen molar-refractivity contribution >= 4 is 33.5 Å². The third-order valence-electron chi connectivity index (χ3n) is 4.59. The standard InChI is InChI=1S/C22H17N3O/c1-25-20-10-6-5-9-19(20)24-22(25)16(14-23)13-18-17-8-4-3-7-15(17)11-12-21(18)26-2/h3-13H,1-2H3/b16-13+. The predicted octanol–water partition coefficient (Wildman–Crippen LogP) is 4.80. The molecule has 0 unspecified atom stereocenters. The molecule has 0 spiro atoms. The van der Waals surface area contributed by atoms with Crippen molar-refractivity contribution in [1.29, 1.82) is 5.26 Å². The van der Waals surface area contributed by atoms with Gasteiger partial charge in [0, 0.05) is 12.6 Å². The largest absolute Gasteiger partial charge is 0.496 e. The SMILES string of the molecule is COc1ccc2ccccc2c1/C=C(\C#N)c1nc2ccccc2n1C. The summed E-state index contributed by atoms with van der Waals surface area (Å²) in [5, 5.41) is 12.0. The number of hydrogen-bond donors (Lipinski definition) is 0. The molecule has 0 aliphatic carbocycles. The van der Waals surface area contributed by atoms with Crippen LogP contribution in [0.4, 0.5) is 0 Å². The Bertz CT molecular complexity index is 1200. The second-order valence-electron chi connectivity index (χ2n) is 6.06. The first-order valence-electron chi connectivity index (χ1n) is 8.32. The first-order chi connectivity index (χ1) is 12.7. The predicted molar refractivity (Wildman–Crippen MR) is 105 cm³/mol. The molecule has 1 heterocycles. The van der Waals surface area contributed by atoms with Crippen LogP contribution in [0.25, 0.3) is 33.5 Å². The highest BCUT2D eigenvalue weighted by Gasteiger charge is 2.14. The van der Waals surface area contributed by atoms with Gasteiger partial charge in [-0.05, 0) is 35.0 Å². The van der Waals surface area contributed by atoms with Gasteiger partial charge in [0.25, 0.3) is 0 Å². The quantitative estimate of drug-likeness (QED) is 0.504. The molecular weight excluding hydrogens is 322 g/mol. The van der Waals surface area contributed by atoms with Crippen molar-refractivity contribution in [2.24, 2.45) is 7.05 Å². The fourth-order valence-corrected chi connectivity index (χ4v) is 3.28. The maximum absolute atomic E-state index is 9.81. The smallest absolute Gasteiger partial charge is 0.151 e. The highest BCUT2D eigenvalue weighted by atomic mass is 16.5. The summed E-state index contributed by atoms with van der Waals surface area (Å²) < 4.78 is 7.49. The molecule has 1 aromatic heterocycles. The van der Waals surface area contributed by atoms with Crippen LogP contribution in [0.5, 0.6) is 5.75 Å². The molecule has 4 aromatic rings. The third-order valence-corrected chi connectivity index (χ3v) is 4.59. The van der Waals surface area contributed by atoms with Crippen LogP contribution in [0.2, 0.25) is 0 Å². The maximum Gasteiger partial charge on any atom is 0.151 e. The van der Waals surface area contributed by atoms with Gasteiger partial charge in [-0.25, -0.2) is 4.98 Å². The molecular formula is C22H17N3O. The first-order valence-corrected chi connectivity index (χ1v) is 8.32. The Balaban J connectivity index is 1.98. The maximum atomic E-state index is 9.81. The number of benzene rings is 3. The van der Waals surface area contributed by atoms with Crippen LogP contribution in [0.15, 0.2) is 60.7 Å². The number of nitriles is 1. The van der Waals surface area contributed by atoms with E-state index in [0.29, 0.717) is 11.4 Å². The number of methoxy groups -OCH3 is 1. The molecule has 0 bridgehead atoms. The molecule has 4 nitrogen and oxygen atoms in total. The van der Waals surface area contributed by atoms with Crippen molar-refractivity contribution in [3.8, 4) is 11.8 Å². The van der Waals surface area contributed by atoms with E-state index < -0.39 is 0 Å². The van der Waals surface area contributed by atoms with Crippen LogP contribution >= 0.6 is 0 Å². The number of hydrogen-bond acceptors (Lipinski definition) is 3. The minimum absolute atomic E-state index is 0.498. The average Bonchev–Trinajstić information content (AvgIpc) is 3.02. The Hall–Kier alpha value is -3.58. The highest BCUT2D eigenvalue weighted by molar-refractivity contribution is 6.00. The van der Waals surface area contributed by atoms with E-state index in [1.807, 2.05) is 78.4 Å². The van der Waals surface area contributed by atoms with Crippen LogP contribution in [0, 0.1) is 11.3 Å². The van der Waals surface area contributed by atoms with Crippen molar-refractivity contribution in [3.63, 3.8) is 0 Å². The molecule has 4 rings (SSSR count). The summed E-state index contributed by atoms with van der Waals surface area (Å²) in [6, 6.07) is 22.2. The summed E-state index contributed by atoms with van der Waals surface area (Å²) in [4.78, 5) is 4.65. The van der Waals surface area contributed by atoms with Crippen molar-refractivity contribution in [3.05, 3.63) is 72.1 Å². The van der Waals surface area contributed by atoms with Gasteiger partial charge in [0.15, 0.2) is 5.82 Å². The number of allylic oxidation sites excluding steroid dienone is 1. The van der Waals surface area contributed by atoms with Crippen LogP contribution in [-0.4, -0.2) is 16.7 Å². The summed E-state index contributed by atoms with van der Waals surface area (Å²) in [7, 11) is 3.57. The molecule has 3 aromatic carbocycles. The normalized spacial score (nSPS) is 11.7. The van der Waals surface area contributed by atoms with Gasteiger partial charge < -0.3 is 9.30 Å². The highest BCUT2D eigenvalue weighted by Crippen LogP contribution is 2.32. The number of para-hydroxylation sites is 2. The van der Waals surface area contributed by atoms with Gasteiger partial charge in [-0.2, -0.15) is 5.26 Å². The van der Waals surface area contributed by atoms with E-state index >= 15 is 0 Å². The summed E-state index contributed by atoms with van der Waals surface area (Å²) in [5.41, 5.74) is 3.25. The monoisotopic (exact) mass is 339 g/mol. The number of fused-ring (bicyclic) bond motifs is 2. The number of nitrogens with zero attached hydrogens (tertiary/aromatic N) is 3. The first kappa shape index (κ1) is 15.9. The zero-order valence-corrected chi connectivity index (χ0v) is 14.6. The van der Waals surface area contributed by atoms with Crippen molar-refractivity contribution in [1.82, 2.24) is 9.55 Å². The van der Waals surface area contributed by atoms with Gasteiger partial charge in [-0.15, -0.1) is 0 Å². The fraction of sp³-hybridized carbons (Fsp3) is 0.0909. The summed E-state index contributed by atoms with van der Waals surface area (Å²) in [6.07, 6.45) is 1.86. The lowest BCUT2D eigenvalue weighted by atomic mass is 10.0. The zero-order chi connectivity index (χ0) is 18.1. The van der Waals surface area contributed by atoms with Crippen LogP contribution in [-0.2, 0) is 7.05 Å². The number of imidazole rings is 1. The van der Waals surface area contributed by atoms with E-state index in [9.17, 15) is 5.26 Å². The van der Waals surface area contributed by atoms with Crippen LogP contribution in [0.3, 0.4) is 0 Å². The number of aryl methyl sites for hydroxylation is 1. The van der Waals surface area contributed by atoms with Crippen LogP contribution < -0.4 is 4.74 Å². The Labute approximate surface area is 151 Å². The van der Waals surface area contributed by atoms with Gasteiger partial charge in [-0.1, -0.05) is 42.5 Å². The van der Waals surface area contributed by atoms with Crippen molar-refractivity contribution in [2.75, 3.05) is 7.11 Å². The summed E-state index contributed by atoms with van der Waals surface area (Å²) in [5.74, 6) is 1.37. The van der Waals surface area contributed by atoms with E-state index in [4.69, 9.17) is 4.74 Å². The number of aromatic nitrogens is 2. The van der Waals surface area contributed by atoms with E-state index in [0.717, 1.165) is 33.1 Å². The zero-order valence-electron chi connectivity index (χ0n) is 14.6. The minimum atomic E-state index is 0.498. The second-order valence-corrected chi connectivity index (χ2v) is 6.06. The van der Waals surface area contributed by atoms with Crippen molar-refractivity contribution in [2.45, 2.75) is 0 Å². The fourth-order valence-electron chi connectivity index (χ4n) is 3.28. The molecule has 0 aliphatic heterocycles. The lowest BCUT2D eigenvalue weighted by molar-refractivity contribution is 0.414. The van der Waals surface area contributed by atoms with E-state index in [1.54, 1.807) is 7.11 Å². The van der Waals surface area contributed by atoms with Crippen molar-refractivity contribution < 1.29 is 4.74 Å². The van der Waals surface area contributed by atoms with Gasteiger partial charge >= 0.3 is 0 Å². The molecule has 0 saturated heterocycles. The molecule has 0 amide bonds. The Morgan fingerprint density at radius 1 is 1.08 bits per heavy atom. The average molecular weight is 339 g/mol. The molecule has 0 N–H and O–H groups in total. The molecule has 0 saturated carbocycles. The number of ether oxygens (including phenoxy) is 1. The Kier molecular flexibility index (Phi) is 3.91. The Morgan fingerprint density at radius 3 is 2.62 bits per heavy atom. The topological polar surface area (TPSA) is 50.8 Å². The Morgan fingerprint density at radius 2 is 1.85 bits per heavy atom. The van der Waals surface area contributed by atoms with Gasteiger partial charge in [0.1, 0.15) is 11.8 Å². The lowest BCUT2D eigenvalue weighted by Gasteiger charge is -2.10. The molecule has 4 heteroatoms. The minimum Gasteiger partial charge on any atom is -0.496 e. The molecule has 0 radical (unpaired) electrons. The molecule has 0 aliphatic rings. The molecule has 126 valence electrons. The van der Waals surface area contributed by atoms with Gasteiger partial charge in [0.05, 0.1) is 23.7 Å². The third kappa shape index (κ3) is 2.51. The summed E-state index contributed by atoms with van der Waals surface area (Å²) >= 11 is 0. The summed E-state index contributed by atoms with van der Waals surface area (Å²) in [6.45, 7) is 0. The van der Waals surface area contributed by atoms with Crippen LogP contribution in [0.1, 0.15) is 11.4 Å².